The Morgan fingerprint density at radius 1 is 1.04 bits per heavy atom. The van der Waals surface area contributed by atoms with Gasteiger partial charge in [-0.2, -0.15) is 13.0 Å². The van der Waals surface area contributed by atoms with Crippen LogP contribution in [-0.4, -0.2) is 20.2 Å². The lowest BCUT2D eigenvalue weighted by Gasteiger charge is -2.11. The maximum atomic E-state index is 13.0. The average molecular weight is 388 g/mol. The number of hydrogen-bond donors (Lipinski definition) is 1. The number of aromatic nitrogens is 2. The van der Waals surface area contributed by atoms with Gasteiger partial charge in [0, 0.05) is 0 Å². The second-order valence-corrected chi connectivity index (χ2v) is 7.80. The molecule has 27 heavy (non-hydrogen) atoms. The number of nitrogen functional groups attached to an aromatic ring is 1. The molecule has 8 heteroatoms. The highest BCUT2D eigenvalue weighted by Gasteiger charge is 2.30. The largest absolute Gasteiger partial charge is 0.501 e. The summed E-state index contributed by atoms with van der Waals surface area (Å²) in [5, 5.41) is 0. The van der Waals surface area contributed by atoms with E-state index in [0.29, 0.717) is 22.6 Å². The van der Waals surface area contributed by atoms with Crippen LogP contribution in [0.2, 0.25) is 0 Å². The SMILES string of the molecule is COc1ccc(-[n+]2ccn(N)c2OS(=O)(=O)c2c(C)cc(C)cc2C)cc1. The molecule has 0 saturated carbocycles. The van der Waals surface area contributed by atoms with E-state index < -0.39 is 10.1 Å². The van der Waals surface area contributed by atoms with E-state index in [0.717, 1.165) is 10.2 Å². The van der Waals surface area contributed by atoms with E-state index >= 15 is 0 Å². The maximum Gasteiger partial charge on any atom is 0.501 e. The molecular formula is C19H22N3O4S+. The standard InChI is InChI=1S/C19H22N3O4S/c1-13-11-14(2)18(15(3)12-13)27(23,24)26-19-21(9-10-22(19)20)16-5-7-17(25-4)8-6-16/h5-12H,20H2,1-4H3/q+1. The van der Waals surface area contributed by atoms with Crippen LogP contribution in [0.15, 0.2) is 53.7 Å². The van der Waals surface area contributed by atoms with Gasteiger partial charge in [0.2, 0.25) is 0 Å². The van der Waals surface area contributed by atoms with Gasteiger partial charge in [0.1, 0.15) is 22.5 Å². The molecule has 0 aliphatic heterocycles. The van der Waals surface area contributed by atoms with Gasteiger partial charge in [0.05, 0.1) is 7.11 Å². The van der Waals surface area contributed by atoms with E-state index in [1.165, 1.54) is 6.20 Å². The fraction of sp³-hybridized carbons (Fsp3) is 0.211. The Kier molecular flexibility index (Phi) is 4.84. The summed E-state index contributed by atoms with van der Waals surface area (Å²) in [5.41, 5.74) is 2.92. The smallest absolute Gasteiger partial charge is 0.497 e. The number of ether oxygens (including phenoxy) is 1. The normalized spacial score (nSPS) is 11.4. The van der Waals surface area contributed by atoms with Crippen LogP contribution in [0, 0.1) is 20.8 Å². The van der Waals surface area contributed by atoms with Crippen LogP contribution < -0.4 is 19.3 Å². The van der Waals surface area contributed by atoms with Crippen molar-refractivity contribution in [3.63, 3.8) is 0 Å². The molecule has 0 aliphatic carbocycles. The second-order valence-electron chi connectivity index (χ2n) is 6.32. The maximum absolute atomic E-state index is 13.0. The Morgan fingerprint density at radius 3 is 2.19 bits per heavy atom. The monoisotopic (exact) mass is 388 g/mol. The number of benzene rings is 2. The predicted octanol–water partition coefficient (Wildman–Crippen LogP) is 2.18. The molecule has 0 radical (unpaired) electrons. The van der Waals surface area contributed by atoms with E-state index in [4.69, 9.17) is 14.8 Å². The summed E-state index contributed by atoms with van der Waals surface area (Å²) in [5.74, 6) is 6.59. The first-order chi connectivity index (χ1) is 12.7. The predicted molar refractivity (Wildman–Crippen MR) is 101 cm³/mol. The van der Waals surface area contributed by atoms with Crippen molar-refractivity contribution in [3.05, 3.63) is 65.5 Å². The van der Waals surface area contributed by atoms with Crippen molar-refractivity contribution in [1.29, 1.82) is 0 Å². The summed E-state index contributed by atoms with van der Waals surface area (Å²) < 4.78 is 39.2. The third kappa shape index (κ3) is 3.61. The van der Waals surface area contributed by atoms with Gasteiger partial charge in [-0.3, -0.25) is 5.84 Å². The van der Waals surface area contributed by atoms with Crippen LogP contribution in [0.25, 0.3) is 5.69 Å². The zero-order chi connectivity index (χ0) is 19.8. The molecule has 142 valence electrons. The van der Waals surface area contributed by atoms with Crippen molar-refractivity contribution in [3.8, 4) is 17.4 Å². The van der Waals surface area contributed by atoms with Crippen molar-refractivity contribution in [2.75, 3.05) is 13.0 Å². The van der Waals surface area contributed by atoms with Gasteiger partial charge in [-0.1, -0.05) is 22.4 Å². The number of nitrogens with two attached hydrogens (primary N) is 1. The highest BCUT2D eigenvalue weighted by atomic mass is 32.2. The summed E-state index contributed by atoms with van der Waals surface area (Å²) in [6.45, 7) is 5.41. The first kappa shape index (κ1) is 18.8. The van der Waals surface area contributed by atoms with Gasteiger partial charge in [-0.05, 0) is 56.2 Å². The number of nitrogens with zero attached hydrogens (tertiary/aromatic N) is 2. The van der Waals surface area contributed by atoms with Gasteiger partial charge in [-0.15, -0.1) is 0 Å². The van der Waals surface area contributed by atoms with E-state index in [1.807, 2.05) is 19.1 Å². The lowest BCUT2D eigenvalue weighted by atomic mass is 10.1. The molecular weight excluding hydrogens is 366 g/mol. The number of hydrogen-bond acceptors (Lipinski definition) is 5. The van der Waals surface area contributed by atoms with Crippen molar-refractivity contribution >= 4 is 10.1 Å². The first-order valence-electron chi connectivity index (χ1n) is 8.28. The second kappa shape index (κ2) is 6.96. The number of methoxy groups -OCH3 is 1. The fourth-order valence-electron chi connectivity index (χ4n) is 3.11. The molecule has 0 fully saturated rings. The number of imidazole rings is 1. The van der Waals surface area contributed by atoms with Crippen LogP contribution in [0.5, 0.6) is 11.8 Å². The molecule has 0 saturated heterocycles. The summed E-state index contributed by atoms with van der Waals surface area (Å²) in [6, 6.07) is 10.7. The van der Waals surface area contributed by atoms with Crippen LogP contribution >= 0.6 is 0 Å². The van der Waals surface area contributed by atoms with Crippen LogP contribution in [0.1, 0.15) is 16.7 Å². The molecule has 3 aromatic rings. The van der Waals surface area contributed by atoms with Crippen LogP contribution in [0.4, 0.5) is 0 Å². The molecule has 0 unspecified atom stereocenters. The fourth-order valence-corrected chi connectivity index (χ4v) is 4.47. The number of rotatable bonds is 5. The molecule has 1 aromatic heterocycles. The Labute approximate surface area is 158 Å². The Hall–Kier alpha value is -3.00. The van der Waals surface area contributed by atoms with E-state index in [1.54, 1.807) is 56.0 Å². The molecule has 7 nitrogen and oxygen atoms in total. The highest BCUT2D eigenvalue weighted by Crippen LogP contribution is 2.25. The minimum atomic E-state index is -4.07. The van der Waals surface area contributed by atoms with E-state index in [2.05, 4.69) is 0 Å². The lowest BCUT2D eigenvalue weighted by Crippen LogP contribution is -2.34. The molecule has 3 rings (SSSR count). The lowest BCUT2D eigenvalue weighted by molar-refractivity contribution is -0.599. The average Bonchev–Trinajstić information content (AvgIpc) is 2.94. The van der Waals surface area contributed by atoms with Gasteiger partial charge in [0.25, 0.3) is 0 Å². The zero-order valence-corrected chi connectivity index (χ0v) is 16.4. The third-order valence-electron chi connectivity index (χ3n) is 4.19. The van der Waals surface area contributed by atoms with Gasteiger partial charge in [-0.25, -0.2) is 0 Å². The Bertz CT molecular complexity index is 1060. The van der Waals surface area contributed by atoms with Crippen LogP contribution in [0.3, 0.4) is 0 Å². The van der Waals surface area contributed by atoms with Gasteiger partial charge < -0.3 is 8.92 Å². The van der Waals surface area contributed by atoms with Crippen LogP contribution in [-0.2, 0) is 10.1 Å². The zero-order valence-electron chi connectivity index (χ0n) is 15.6. The molecule has 1 heterocycles. The first-order valence-corrected chi connectivity index (χ1v) is 9.68. The summed E-state index contributed by atoms with van der Waals surface area (Å²) >= 11 is 0. The van der Waals surface area contributed by atoms with Crippen molar-refractivity contribution in [2.45, 2.75) is 25.7 Å². The molecule has 0 aliphatic rings. The van der Waals surface area contributed by atoms with Crippen molar-refractivity contribution in [1.82, 2.24) is 4.68 Å². The summed E-state index contributed by atoms with van der Waals surface area (Å²) in [6.07, 6.45) is 3.14. The van der Waals surface area contributed by atoms with Gasteiger partial charge in [0.15, 0.2) is 6.20 Å². The van der Waals surface area contributed by atoms with E-state index in [9.17, 15) is 8.42 Å². The molecule has 2 N–H and O–H groups in total. The Balaban J connectivity index is 2.04. The van der Waals surface area contributed by atoms with E-state index in [-0.39, 0.29) is 10.9 Å². The highest BCUT2D eigenvalue weighted by molar-refractivity contribution is 7.87. The van der Waals surface area contributed by atoms with Crippen molar-refractivity contribution in [2.24, 2.45) is 0 Å². The quantitative estimate of drug-likeness (QED) is 0.411. The summed E-state index contributed by atoms with van der Waals surface area (Å²) in [7, 11) is -2.50. The summed E-state index contributed by atoms with van der Waals surface area (Å²) in [4.78, 5) is 0.149. The third-order valence-corrected chi connectivity index (χ3v) is 5.71. The Morgan fingerprint density at radius 2 is 1.63 bits per heavy atom. The molecule has 0 bridgehead atoms. The minimum absolute atomic E-state index is 0.0282. The molecule has 0 amide bonds. The molecule has 0 spiro atoms. The number of aryl methyl sites for hydroxylation is 3. The minimum Gasteiger partial charge on any atom is -0.497 e. The molecule has 2 aromatic carbocycles. The topological polar surface area (TPSA) is 87.4 Å². The van der Waals surface area contributed by atoms with Crippen molar-refractivity contribution < 1.29 is 21.9 Å². The molecule has 0 atom stereocenters. The van der Waals surface area contributed by atoms with Gasteiger partial charge >= 0.3 is 16.1 Å².